The molecule has 3 heteroatoms. The third-order valence-corrected chi connectivity index (χ3v) is 2.29. The van der Waals surface area contributed by atoms with Crippen LogP contribution in [0.1, 0.15) is 0 Å². The molecular weight excluding hydrogens is 274 g/mol. The summed E-state index contributed by atoms with van der Waals surface area (Å²) >= 11 is 0. The minimum absolute atomic E-state index is 0. The van der Waals surface area contributed by atoms with Gasteiger partial charge < -0.3 is 4.98 Å². The van der Waals surface area contributed by atoms with Crippen molar-refractivity contribution in [2.45, 2.75) is 0 Å². The van der Waals surface area contributed by atoms with Gasteiger partial charge in [0.15, 0.2) is 0 Å². The van der Waals surface area contributed by atoms with Gasteiger partial charge in [-0.3, -0.25) is 0 Å². The summed E-state index contributed by atoms with van der Waals surface area (Å²) in [5, 5.41) is 0. The Kier molecular flexibility index (Phi) is 6.67. The van der Waals surface area contributed by atoms with E-state index in [1.165, 1.54) is 11.1 Å². The van der Waals surface area contributed by atoms with Gasteiger partial charge >= 0.3 is 0 Å². The Morgan fingerprint density at radius 1 is 0.722 bits per heavy atom. The van der Waals surface area contributed by atoms with Gasteiger partial charge in [0.1, 0.15) is 0 Å². The van der Waals surface area contributed by atoms with E-state index in [1.807, 2.05) is 12.1 Å². The molecule has 2 aromatic carbocycles. The van der Waals surface area contributed by atoms with Crippen LogP contribution < -0.4 is 0 Å². The quantitative estimate of drug-likeness (QED) is 0.678. The van der Waals surface area contributed by atoms with Gasteiger partial charge in [-0.25, -0.2) is 4.98 Å². The van der Waals surface area contributed by atoms with Crippen LogP contribution in [0.15, 0.2) is 79.4 Å². The predicted molar refractivity (Wildman–Crippen MR) is 70.5 cm³/mol. The van der Waals surface area contributed by atoms with Gasteiger partial charge in [0, 0.05) is 31.9 Å². The monoisotopic (exact) mass is 286 g/mol. The van der Waals surface area contributed by atoms with Crippen LogP contribution in [0, 0.1) is 0 Å². The SMILES string of the molecule is [Zn].c1c[nH]cn1.c1ccc(-c2ccccc2)cc1. The second-order valence-corrected chi connectivity index (χ2v) is 3.49. The van der Waals surface area contributed by atoms with E-state index >= 15 is 0 Å². The van der Waals surface area contributed by atoms with E-state index in [4.69, 9.17) is 0 Å². The molecule has 0 aliphatic carbocycles. The summed E-state index contributed by atoms with van der Waals surface area (Å²) in [5.74, 6) is 0. The first kappa shape index (κ1) is 14.3. The fourth-order valence-corrected chi connectivity index (χ4v) is 1.48. The van der Waals surface area contributed by atoms with Gasteiger partial charge in [-0.15, -0.1) is 0 Å². The summed E-state index contributed by atoms with van der Waals surface area (Å²) in [6, 6.07) is 20.8. The van der Waals surface area contributed by atoms with Crippen LogP contribution in [0.25, 0.3) is 11.1 Å². The number of nitrogens with zero attached hydrogens (tertiary/aromatic N) is 1. The summed E-state index contributed by atoms with van der Waals surface area (Å²) in [5.41, 5.74) is 2.55. The number of imidazole rings is 1. The molecule has 86 valence electrons. The number of aromatic nitrogens is 2. The fourth-order valence-electron chi connectivity index (χ4n) is 1.48. The Balaban J connectivity index is 0.000000230. The van der Waals surface area contributed by atoms with E-state index in [1.54, 1.807) is 18.7 Å². The molecule has 1 aromatic heterocycles. The largest absolute Gasteiger partial charge is 0.351 e. The van der Waals surface area contributed by atoms with Gasteiger partial charge in [-0.05, 0) is 11.1 Å². The minimum Gasteiger partial charge on any atom is -0.351 e. The molecule has 0 saturated carbocycles. The maximum atomic E-state index is 3.67. The van der Waals surface area contributed by atoms with Crippen LogP contribution in [0.3, 0.4) is 0 Å². The van der Waals surface area contributed by atoms with Gasteiger partial charge in [0.2, 0.25) is 0 Å². The minimum atomic E-state index is 0. The number of benzene rings is 2. The van der Waals surface area contributed by atoms with E-state index in [2.05, 4.69) is 58.5 Å². The second-order valence-electron chi connectivity index (χ2n) is 3.49. The van der Waals surface area contributed by atoms with Crippen molar-refractivity contribution in [2.24, 2.45) is 0 Å². The Morgan fingerprint density at radius 2 is 1.22 bits per heavy atom. The van der Waals surface area contributed by atoms with Gasteiger partial charge in [0.05, 0.1) is 6.33 Å². The molecule has 2 nitrogen and oxygen atoms in total. The van der Waals surface area contributed by atoms with Gasteiger partial charge in [0.25, 0.3) is 0 Å². The average Bonchev–Trinajstić information content (AvgIpc) is 3.00. The van der Waals surface area contributed by atoms with Gasteiger partial charge in [-0.2, -0.15) is 0 Å². The Hall–Kier alpha value is -1.73. The normalized spacial score (nSPS) is 8.67. The molecule has 0 unspecified atom stereocenters. The fraction of sp³-hybridized carbons (Fsp3) is 0. The first-order valence-electron chi connectivity index (χ1n) is 5.50. The van der Waals surface area contributed by atoms with E-state index in [0.29, 0.717) is 0 Å². The molecule has 0 spiro atoms. The molecular formula is C15H14N2Zn. The Morgan fingerprint density at radius 3 is 1.50 bits per heavy atom. The number of nitrogens with one attached hydrogen (secondary N) is 1. The zero-order valence-corrected chi connectivity index (χ0v) is 13.1. The molecule has 18 heavy (non-hydrogen) atoms. The summed E-state index contributed by atoms with van der Waals surface area (Å²) in [4.78, 5) is 6.42. The molecule has 1 N–H and O–H groups in total. The topological polar surface area (TPSA) is 28.7 Å². The third-order valence-electron chi connectivity index (χ3n) is 2.29. The average molecular weight is 288 g/mol. The molecule has 0 fully saturated rings. The molecule has 0 radical (unpaired) electrons. The van der Waals surface area contributed by atoms with Crippen molar-refractivity contribution in [1.29, 1.82) is 0 Å². The van der Waals surface area contributed by atoms with Gasteiger partial charge in [-0.1, -0.05) is 60.7 Å². The molecule has 3 aromatic rings. The van der Waals surface area contributed by atoms with Crippen LogP contribution in [0.2, 0.25) is 0 Å². The maximum Gasteiger partial charge on any atom is 0.0919 e. The van der Waals surface area contributed by atoms with Crippen LogP contribution in [0.5, 0.6) is 0 Å². The zero-order valence-electron chi connectivity index (χ0n) is 10.2. The van der Waals surface area contributed by atoms with E-state index in [-0.39, 0.29) is 19.5 Å². The standard InChI is InChI=1S/C12H10.C3H4N2.Zn/c1-3-7-11(8-4-1)12-9-5-2-6-10-12;1-2-5-3-4-1;/h1-10H;1-3H,(H,4,5);. The van der Waals surface area contributed by atoms with E-state index in [0.717, 1.165) is 0 Å². The number of H-pyrrole nitrogens is 1. The van der Waals surface area contributed by atoms with Crippen LogP contribution in [0.4, 0.5) is 0 Å². The summed E-state index contributed by atoms with van der Waals surface area (Å²) in [7, 11) is 0. The number of hydrogen-bond donors (Lipinski definition) is 1. The Bertz CT molecular complexity index is 452. The first-order chi connectivity index (χ1) is 8.47. The van der Waals surface area contributed by atoms with Crippen molar-refractivity contribution in [3.05, 3.63) is 79.4 Å². The first-order valence-corrected chi connectivity index (χ1v) is 5.50. The molecule has 1 heterocycles. The predicted octanol–water partition coefficient (Wildman–Crippen LogP) is 3.76. The number of rotatable bonds is 1. The summed E-state index contributed by atoms with van der Waals surface area (Å²) < 4.78 is 0. The Labute approximate surface area is 120 Å². The molecule has 0 atom stereocenters. The molecule has 0 aliphatic heterocycles. The summed E-state index contributed by atoms with van der Waals surface area (Å²) in [6.07, 6.45) is 5.08. The van der Waals surface area contributed by atoms with Crippen molar-refractivity contribution in [1.82, 2.24) is 9.97 Å². The van der Waals surface area contributed by atoms with E-state index in [9.17, 15) is 0 Å². The molecule has 0 bridgehead atoms. The van der Waals surface area contributed by atoms with Crippen LogP contribution in [-0.2, 0) is 19.5 Å². The second kappa shape index (κ2) is 8.38. The van der Waals surface area contributed by atoms with Crippen molar-refractivity contribution < 1.29 is 19.5 Å². The van der Waals surface area contributed by atoms with Crippen molar-refractivity contribution >= 4 is 0 Å². The van der Waals surface area contributed by atoms with Crippen LogP contribution >= 0.6 is 0 Å². The van der Waals surface area contributed by atoms with Crippen molar-refractivity contribution in [3.8, 4) is 11.1 Å². The molecule has 0 saturated heterocycles. The van der Waals surface area contributed by atoms with E-state index < -0.39 is 0 Å². The number of hydrogen-bond acceptors (Lipinski definition) is 1. The molecule has 0 aliphatic rings. The summed E-state index contributed by atoms with van der Waals surface area (Å²) in [6.45, 7) is 0. The maximum absolute atomic E-state index is 3.67. The smallest absolute Gasteiger partial charge is 0.0919 e. The number of aromatic amines is 1. The molecule has 0 amide bonds. The van der Waals surface area contributed by atoms with Crippen molar-refractivity contribution in [3.63, 3.8) is 0 Å². The van der Waals surface area contributed by atoms with Crippen molar-refractivity contribution in [2.75, 3.05) is 0 Å². The molecule has 3 rings (SSSR count). The van der Waals surface area contributed by atoms with Crippen LogP contribution in [-0.4, -0.2) is 9.97 Å². The third kappa shape index (κ3) is 4.64. The zero-order chi connectivity index (χ0) is 11.8.